The molecular formula is C20H21BrF3NO4. The topological polar surface area (TPSA) is 67.8 Å². The minimum atomic E-state index is -4.42. The van der Waals surface area contributed by atoms with E-state index in [1.54, 1.807) is 13.0 Å². The van der Waals surface area contributed by atoms with E-state index in [0.717, 1.165) is 22.2 Å². The van der Waals surface area contributed by atoms with Crippen LogP contribution in [0.3, 0.4) is 0 Å². The molecule has 0 unspecified atom stereocenters. The third-order valence-electron chi connectivity index (χ3n) is 3.90. The number of carbonyl (C=O) groups is 1. The zero-order valence-electron chi connectivity index (χ0n) is 15.8. The minimum Gasteiger partial charge on any atom is -0.491 e. The predicted octanol–water partition coefficient (Wildman–Crippen LogP) is 4.10. The van der Waals surface area contributed by atoms with Crippen molar-refractivity contribution in [1.29, 1.82) is 0 Å². The standard InChI is InChI=1S/C20H21BrF3NO4/c1-12-3-8-18(17(21)9-12)29-13(2)19(27)25-10-15(26)11-28-16-6-4-14(5-7-16)20(22,23)24/h3-9,13,15,26H,10-11H2,1-2H3,(H,25,27)/t13-,15+/m1/s1. The third kappa shape index (κ3) is 7.25. The molecule has 0 aliphatic carbocycles. The van der Waals surface area contributed by atoms with Crippen molar-refractivity contribution in [1.82, 2.24) is 5.32 Å². The van der Waals surface area contributed by atoms with Crippen molar-refractivity contribution in [3.05, 3.63) is 58.1 Å². The van der Waals surface area contributed by atoms with E-state index < -0.39 is 29.9 Å². The number of amides is 1. The number of aryl methyl sites for hydroxylation is 1. The zero-order valence-corrected chi connectivity index (χ0v) is 17.4. The van der Waals surface area contributed by atoms with Crippen LogP contribution >= 0.6 is 15.9 Å². The number of rotatable bonds is 8. The fourth-order valence-electron chi connectivity index (χ4n) is 2.30. The Morgan fingerprint density at radius 1 is 1.21 bits per heavy atom. The van der Waals surface area contributed by atoms with Gasteiger partial charge in [-0.2, -0.15) is 13.2 Å². The fraction of sp³-hybridized carbons (Fsp3) is 0.350. The van der Waals surface area contributed by atoms with Crippen molar-refractivity contribution in [2.24, 2.45) is 0 Å². The second-order valence-electron chi connectivity index (χ2n) is 6.43. The lowest BCUT2D eigenvalue weighted by Gasteiger charge is -2.18. The molecule has 158 valence electrons. The van der Waals surface area contributed by atoms with Gasteiger partial charge in [0, 0.05) is 6.54 Å². The Bertz CT molecular complexity index is 827. The molecule has 0 radical (unpaired) electrons. The highest BCUT2D eigenvalue weighted by atomic mass is 79.9. The minimum absolute atomic E-state index is 0.0950. The lowest BCUT2D eigenvalue weighted by Crippen LogP contribution is -2.41. The van der Waals surface area contributed by atoms with E-state index in [0.29, 0.717) is 5.75 Å². The van der Waals surface area contributed by atoms with Gasteiger partial charge in [-0.05, 0) is 71.7 Å². The number of aliphatic hydroxyl groups excluding tert-OH is 1. The largest absolute Gasteiger partial charge is 0.491 e. The van der Waals surface area contributed by atoms with Crippen LogP contribution in [-0.2, 0) is 11.0 Å². The summed E-state index contributed by atoms with van der Waals surface area (Å²) in [4.78, 5) is 12.1. The highest BCUT2D eigenvalue weighted by Crippen LogP contribution is 2.30. The summed E-state index contributed by atoms with van der Waals surface area (Å²) in [5.74, 6) is 0.278. The quantitative estimate of drug-likeness (QED) is 0.603. The van der Waals surface area contributed by atoms with Gasteiger partial charge in [0.15, 0.2) is 6.10 Å². The number of halogens is 4. The van der Waals surface area contributed by atoms with Crippen LogP contribution in [0.1, 0.15) is 18.1 Å². The van der Waals surface area contributed by atoms with Crippen molar-refractivity contribution >= 4 is 21.8 Å². The maximum atomic E-state index is 12.5. The van der Waals surface area contributed by atoms with Crippen molar-refractivity contribution < 1.29 is 32.5 Å². The van der Waals surface area contributed by atoms with Crippen molar-refractivity contribution in [2.75, 3.05) is 13.2 Å². The maximum Gasteiger partial charge on any atom is 0.416 e. The van der Waals surface area contributed by atoms with E-state index in [2.05, 4.69) is 21.2 Å². The molecular weight excluding hydrogens is 455 g/mol. The number of nitrogens with one attached hydrogen (secondary N) is 1. The first-order valence-electron chi connectivity index (χ1n) is 8.75. The molecule has 2 atom stereocenters. The Balaban J connectivity index is 1.76. The van der Waals surface area contributed by atoms with Gasteiger partial charge in [-0.3, -0.25) is 4.79 Å². The smallest absolute Gasteiger partial charge is 0.416 e. The Morgan fingerprint density at radius 3 is 2.45 bits per heavy atom. The van der Waals surface area contributed by atoms with Crippen LogP contribution < -0.4 is 14.8 Å². The summed E-state index contributed by atoms with van der Waals surface area (Å²) in [6.45, 7) is 3.22. The number of hydrogen-bond acceptors (Lipinski definition) is 4. The maximum absolute atomic E-state index is 12.5. The molecule has 0 aliphatic rings. The van der Waals surface area contributed by atoms with Crippen molar-refractivity contribution in [2.45, 2.75) is 32.2 Å². The first-order valence-corrected chi connectivity index (χ1v) is 9.54. The van der Waals surface area contributed by atoms with Crippen molar-refractivity contribution in [3.63, 3.8) is 0 Å². The summed E-state index contributed by atoms with van der Waals surface area (Å²) >= 11 is 3.37. The summed E-state index contributed by atoms with van der Waals surface area (Å²) in [5.41, 5.74) is 0.254. The number of carbonyl (C=O) groups excluding carboxylic acids is 1. The lowest BCUT2D eigenvalue weighted by atomic mass is 10.2. The normalized spacial score (nSPS) is 13.5. The summed E-state index contributed by atoms with van der Waals surface area (Å²) in [5, 5.41) is 12.5. The molecule has 2 aromatic rings. The van der Waals surface area contributed by atoms with E-state index in [4.69, 9.17) is 9.47 Å². The molecule has 0 heterocycles. The van der Waals surface area contributed by atoms with E-state index in [1.165, 1.54) is 12.1 Å². The van der Waals surface area contributed by atoms with Gasteiger partial charge in [0.2, 0.25) is 0 Å². The molecule has 2 rings (SSSR count). The molecule has 0 bridgehead atoms. The number of aliphatic hydroxyl groups is 1. The molecule has 0 saturated carbocycles. The SMILES string of the molecule is Cc1ccc(O[C@H](C)C(=O)NC[C@H](O)COc2ccc(C(F)(F)F)cc2)c(Br)c1. The van der Waals surface area contributed by atoms with Crippen LogP contribution in [0.25, 0.3) is 0 Å². The Hall–Kier alpha value is -2.26. The molecule has 2 N–H and O–H groups in total. The van der Waals surface area contributed by atoms with Gasteiger partial charge < -0.3 is 19.9 Å². The third-order valence-corrected chi connectivity index (χ3v) is 4.52. The molecule has 29 heavy (non-hydrogen) atoms. The summed E-state index contributed by atoms with van der Waals surface area (Å²) < 4.78 is 49.1. The number of hydrogen-bond donors (Lipinski definition) is 2. The zero-order chi connectivity index (χ0) is 21.6. The predicted molar refractivity (Wildman–Crippen MR) is 105 cm³/mol. The van der Waals surface area contributed by atoms with Crippen LogP contribution in [0.2, 0.25) is 0 Å². The summed E-state index contributed by atoms with van der Waals surface area (Å²) in [6.07, 6.45) is -6.26. The Kier molecular flexibility index (Phi) is 7.92. The van der Waals surface area contributed by atoms with Crippen LogP contribution in [-0.4, -0.2) is 36.4 Å². The van der Waals surface area contributed by atoms with Crippen LogP contribution in [0, 0.1) is 6.92 Å². The monoisotopic (exact) mass is 475 g/mol. The van der Waals surface area contributed by atoms with Gasteiger partial charge in [-0.1, -0.05) is 6.07 Å². The second-order valence-corrected chi connectivity index (χ2v) is 7.28. The Labute approximate surface area is 175 Å². The molecule has 2 aromatic carbocycles. The Morgan fingerprint density at radius 2 is 1.86 bits per heavy atom. The average molecular weight is 476 g/mol. The molecule has 0 saturated heterocycles. The van der Waals surface area contributed by atoms with Gasteiger partial charge in [0.05, 0.1) is 10.0 Å². The molecule has 0 fully saturated rings. The molecule has 0 aliphatic heterocycles. The molecule has 0 aromatic heterocycles. The molecule has 9 heteroatoms. The average Bonchev–Trinajstić information content (AvgIpc) is 2.66. The van der Waals surface area contributed by atoms with Gasteiger partial charge in [0.25, 0.3) is 5.91 Å². The van der Waals surface area contributed by atoms with Crippen LogP contribution in [0.15, 0.2) is 46.9 Å². The van der Waals surface area contributed by atoms with Gasteiger partial charge in [0.1, 0.15) is 24.2 Å². The number of alkyl halides is 3. The van der Waals surface area contributed by atoms with E-state index in [9.17, 15) is 23.1 Å². The fourth-order valence-corrected chi connectivity index (χ4v) is 2.89. The van der Waals surface area contributed by atoms with Gasteiger partial charge in [-0.25, -0.2) is 0 Å². The highest BCUT2D eigenvalue weighted by Gasteiger charge is 2.30. The summed E-state index contributed by atoms with van der Waals surface area (Å²) in [6, 6.07) is 9.59. The number of ether oxygens (including phenoxy) is 2. The van der Waals surface area contributed by atoms with Gasteiger partial charge in [-0.15, -0.1) is 0 Å². The lowest BCUT2D eigenvalue weighted by molar-refractivity contribution is -0.137. The second kappa shape index (κ2) is 9.98. The van der Waals surface area contributed by atoms with E-state index in [-0.39, 0.29) is 18.9 Å². The molecule has 1 amide bonds. The first-order chi connectivity index (χ1) is 13.6. The molecule has 5 nitrogen and oxygen atoms in total. The van der Waals surface area contributed by atoms with Gasteiger partial charge >= 0.3 is 6.18 Å². The van der Waals surface area contributed by atoms with E-state index in [1.807, 2.05) is 19.1 Å². The van der Waals surface area contributed by atoms with Crippen LogP contribution in [0.5, 0.6) is 11.5 Å². The van der Waals surface area contributed by atoms with E-state index >= 15 is 0 Å². The number of benzene rings is 2. The highest BCUT2D eigenvalue weighted by molar-refractivity contribution is 9.10. The molecule has 0 spiro atoms. The summed E-state index contributed by atoms with van der Waals surface area (Å²) in [7, 11) is 0. The van der Waals surface area contributed by atoms with Crippen LogP contribution in [0.4, 0.5) is 13.2 Å². The van der Waals surface area contributed by atoms with Crippen molar-refractivity contribution in [3.8, 4) is 11.5 Å². The first kappa shape index (κ1) is 23.0.